The normalized spacial score (nSPS) is 18.5. The minimum Gasteiger partial charge on any atom is -0.494 e. The van der Waals surface area contributed by atoms with Crippen LogP contribution in [-0.2, 0) is 65.4 Å². The van der Waals surface area contributed by atoms with E-state index in [-0.39, 0.29) is 44.5 Å². The molecule has 0 spiro atoms. The quantitative estimate of drug-likeness (QED) is 0.0887. The molecule has 2 N–H and O–H groups in total. The molecule has 1 aliphatic rings. The Morgan fingerprint density at radius 1 is 0.850 bits per heavy atom. The molecule has 326 valence electrons. The summed E-state index contributed by atoms with van der Waals surface area (Å²) < 4.78 is 45.7. The van der Waals surface area contributed by atoms with E-state index in [2.05, 4.69) is 10.2 Å². The van der Waals surface area contributed by atoms with Crippen LogP contribution in [0.25, 0.3) is 0 Å². The van der Waals surface area contributed by atoms with E-state index < -0.39 is 73.3 Å². The second-order valence-electron chi connectivity index (χ2n) is 14.4. The third kappa shape index (κ3) is 14.0. The highest BCUT2D eigenvalue weighted by atomic mass is 16.7. The number of aromatic amines is 1. The molecule has 2 aromatic carbocycles. The van der Waals surface area contributed by atoms with E-state index in [1.54, 1.807) is 6.07 Å². The van der Waals surface area contributed by atoms with E-state index in [0.717, 1.165) is 43.2 Å². The summed E-state index contributed by atoms with van der Waals surface area (Å²) in [6, 6.07) is 14.7. The number of benzene rings is 2. The number of carboxylic acid groups (broad SMARTS) is 1. The molecule has 0 aliphatic carbocycles. The van der Waals surface area contributed by atoms with Crippen molar-refractivity contribution in [3.8, 4) is 11.6 Å². The molecule has 2 heterocycles. The first kappa shape index (κ1) is 46.5. The van der Waals surface area contributed by atoms with E-state index in [1.165, 1.54) is 11.8 Å². The Kier molecular flexibility index (Phi) is 17.3. The van der Waals surface area contributed by atoms with Gasteiger partial charge in [0.25, 0.3) is 0 Å². The van der Waals surface area contributed by atoms with Gasteiger partial charge in [-0.15, -0.1) is 5.10 Å². The summed E-state index contributed by atoms with van der Waals surface area (Å²) in [5, 5.41) is 16.7. The zero-order valence-electron chi connectivity index (χ0n) is 34.8. The lowest BCUT2D eigenvalue weighted by Gasteiger charge is -2.43. The highest BCUT2D eigenvalue weighted by molar-refractivity contribution is 5.71. The fourth-order valence-electron chi connectivity index (χ4n) is 6.43. The molecule has 0 bridgehead atoms. The number of amides is 1. The second kappa shape index (κ2) is 22.3. The molecule has 5 atom stereocenters. The van der Waals surface area contributed by atoms with Crippen molar-refractivity contribution in [2.75, 3.05) is 26.3 Å². The highest BCUT2D eigenvalue weighted by Gasteiger charge is 2.53. The van der Waals surface area contributed by atoms with E-state index in [9.17, 15) is 33.9 Å². The van der Waals surface area contributed by atoms with Gasteiger partial charge in [0.15, 0.2) is 12.2 Å². The van der Waals surface area contributed by atoms with Crippen molar-refractivity contribution in [2.45, 2.75) is 111 Å². The molecule has 1 unspecified atom stereocenters. The summed E-state index contributed by atoms with van der Waals surface area (Å²) >= 11 is 0. The van der Waals surface area contributed by atoms with E-state index in [4.69, 9.17) is 37.9 Å². The first-order chi connectivity index (χ1) is 28.5. The number of H-pyrrole nitrogens is 1. The number of aromatic nitrogens is 2. The zero-order chi connectivity index (χ0) is 43.9. The summed E-state index contributed by atoms with van der Waals surface area (Å²) in [5.41, 5.74) is 3.96. The smallest absolute Gasteiger partial charge is 0.410 e. The number of rotatable bonds is 20. The number of carbonyl (C=O) groups excluding carboxylic acids is 5. The number of carbonyl (C=O) groups is 6. The van der Waals surface area contributed by atoms with Crippen molar-refractivity contribution in [3.63, 3.8) is 0 Å². The standard InChI is InChI=1S/C42H53N3O15/c1-24(2)36-33(40(44-43-36)60-41-39(58-29(7)49)38(57-28(6)48)37(56-27(5)47)34(59-41)23-54-26(4)46)21-31-14-15-32(20-25(31)3)53-19-11-17-45(18-16-35(50)51)42(52)55-22-30-12-9-8-10-13-30/h8-10,12-15,20,24,34,37-39,41H,11,16-19,21-23H2,1-7H3,(H,43,44)(H,50,51)/t34-,37-,38+,39-,41?/m1/s1. The molecule has 1 fully saturated rings. The lowest BCUT2D eigenvalue weighted by molar-refractivity contribution is -0.289. The fraction of sp³-hybridized carbons (Fsp3) is 0.500. The van der Waals surface area contributed by atoms with Gasteiger partial charge < -0.3 is 47.9 Å². The molecule has 1 saturated heterocycles. The molecule has 3 aromatic rings. The average molecular weight is 840 g/mol. The van der Waals surface area contributed by atoms with E-state index in [1.807, 2.05) is 63.2 Å². The highest BCUT2D eigenvalue weighted by Crippen LogP contribution is 2.35. The predicted molar refractivity (Wildman–Crippen MR) is 210 cm³/mol. The first-order valence-corrected chi connectivity index (χ1v) is 19.5. The third-order valence-corrected chi connectivity index (χ3v) is 9.20. The Labute approximate surface area is 347 Å². The van der Waals surface area contributed by atoms with Gasteiger partial charge in [0.05, 0.1) is 13.0 Å². The van der Waals surface area contributed by atoms with E-state index >= 15 is 0 Å². The predicted octanol–water partition coefficient (Wildman–Crippen LogP) is 4.78. The molecule has 60 heavy (non-hydrogen) atoms. The number of nitrogens with one attached hydrogen (secondary N) is 1. The van der Waals surface area contributed by atoms with Crippen LogP contribution in [0.15, 0.2) is 48.5 Å². The molecular formula is C42H53N3O15. The third-order valence-electron chi connectivity index (χ3n) is 9.20. The molecule has 1 aromatic heterocycles. The Hall–Kier alpha value is -6.17. The molecular weight excluding hydrogens is 786 g/mol. The average Bonchev–Trinajstić information content (AvgIpc) is 3.57. The molecule has 18 heteroatoms. The minimum absolute atomic E-state index is 0.0114. The fourth-order valence-corrected chi connectivity index (χ4v) is 6.43. The molecule has 0 radical (unpaired) electrons. The van der Waals surface area contributed by atoms with Crippen molar-refractivity contribution < 1.29 is 71.8 Å². The van der Waals surface area contributed by atoms with Gasteiger partial charge in [-0.05, 0) is 48.1 Å². The van der Waals surface area contributed by atoms with Gasteiger partial charge in [-0.1, -0.05) is 50.2 Å². The Morgan fingerprint density at radius 2 is 1.52 bits per heavy atom. The largest absolute Gasteiger partial charge is 0.494 e. The Morgan fingerprint density at radius 3 is 2.13 bits per heavy atom. The molecule has 18 nitrogen and oxygen atoms in total. The number of aliphatic carboxylic acids is 1. The van der Waals surface area contributed by atoms with Gasteiger partial charge in [-0.2, -0.15) is 0 Å². The maximum Gasteiger partial charge on any atom is 0.410 e. The van der Waals surface area contributed by atoms with Crippen LogP contribution in [0.2, 0.25) is 0 Å². The lowest BCUT2D eigenvalue weighted by Crippen LogP contribution is -2.63. The van der Waals surface area contributed by atoms with Gasteiger partial charge in [-0.25, -0.2) is 4.79 Å². The molecule has 1 amide bonds. The van der Waals surface area contributed by atoms with E-state index in [0.29, 0.717) is 24.2 Å². The van der Waals surface area contributed by atoms with Crippen molar-refractivity contribution in [2.24, 2.45) is 0 Å². The summed E-state index contributed by atoms with van der Waals surface area (Å²) in [6.45, 7) is 10.5. The SMILES string of the molecule is CC(=O)OC[C@H]1OC(Oc2n[nH]c(C(C)C)c2Cc2ccc(OCCCN(CCC(=O)O)C(=O)OCc3ccccc3)cc2C)[C@H](OC(C)=O)[C@@H](OC(C)=O)[C@@H]1OC(C)=O. The van der Waals surface area contributed by atoms with Crippen LogP contribution in [0.1, 0.15) is 88.2 Å². The molecule has 4 rings (SSSR count). The summed E-state index contributed by atoms with van der Waals surface area (Å²) in [7, 11) is 0. The van der Waals surface area contributed by atoms with Crippen LogP contribution < -0.4 is 9.47 Å². The van der Waals surface area contributed by atoms with Gasteiger partial charge in [0.1, 0.15) is 25.1 Å². The van der Waals surface area contributed by atoms with Gasteiger partial charge in [-0.3, -0.25) is 29.1 Å². The van der Waals surface area contributed by atoms with Crippen LogP contribution in [0, 0.1) is 6.92 Å². The monoisotopic (exact) mass is 839 g/mol. The van der Waals surface area contributed by atoms with Crippen LogP contribution in [0.5, 0.6) is 11.6 Å². The van der Waals surface area contributed by atoms with Crippen LogP contribution in [-0.4, -0.2) is 113 Å². The topological polar surface area (TPSA) is 228 Å². The number of hydrogen-bond donors (Lipinski definition) is 2. The van der Waals surface area contributed by atoms with Gasteiger partial charge in [0, 0.05) is 58.5 Å². The maximum absolute atomic E-state index is 12.8. The van der Waals surface area contributed by atoms with Gasteiger partial charge in [0.2, 0.25) is 18.3 Å². The summed E-state index contributed by atoms with van der Waals surface area (Å²) in [5.74, 6) is -3.36. The number of esters is 4. The maximum atomic E-state index is 12.8. The van der Waals surface area contributed by atoms with Crippen molar-refractivity contribution >= 4 is 35.9 Å². The molecule has 0 saturated carbocycles. The van der Waals surface area contributed by atoms with Crippen LogP contribution >= 0.6 is 0 Å². The van der Waals surface area contributed by atoms with Crippen LogP contribution in [0.4, 0.5) is 4.79 Å². The second-order valence-corrected chi connectivity index (χ2v) is 14.4. The number of ether oxygens (including phenoxy) is 8. The Balaban J connectivity index is 1.50. The lowest BCUT2D eigenvalue weighted by atomic mass is 9.96. The summed E-state index contributed by atoms with van der Waals surface area (Å²) in [4.78, 5) is 74.0. The summed E-state index contributed by atoms with van der Waals surface area (Å²) in [6.07, 6.45) is -7.01. The number of carboxylic acids is 1. The Bertz CT molecular complexity index is 1950. The number of hydrogen-bond acceptors (Lipinski definition) is 15. The first-order valence-electron chi connectivity index (χ1n) is 19.5. The van der Waals surface area contributed by atoms with Crippen molar-refractivity contribution in [1.82, 2.24) is 15.1 Å². The van der Waals surface area contributed by atoms with Gasteiger partial charge >= 0.3 is 35.9 Å². The number of nitrogens with zero attached hydrogens (tertiary/aromatic N) is 2. The molecule has 1 aliphatic heterocycles. The van der Waals surface area contributed by atoms with Crippen LogP contribution in [0.3, 0.4) is 0 Å². The zero-order valence-corrected chi connectivity index (χ0v) is 34.8. The van der Waals surface area contributed by atoms with Crippen molar-refractivity contribution in [3.05, 3.63) is 76.5 Å². The van der Waals surface area contributed by atoms with Crippen molar-refractivity contribution in [1.29, 1.82) is 0 Å². The number of aryl methyl sites for hydroxylation is 1. The minimum atomic E-state index is -1.48.